The van der Waals surface area contributed by atoms with Gasteiger partial charge in [-0.3, -0.25) is 4.72 Å². The van der Waals surface area contributed by atoms with Crippen molar-refractivity contribution in [3.05, 3.63) is 53.6 Å². The van der Waals surface area contributed by atoms with Gasteiger partial charge in [0.15, 0.2) is 0 Å². The van der Waals surface area contributed by atoms with Crippen LogP contribution in [0.5, 0.6) is 5.75 Å². The molecule has 2 N–H and O–H groups in total. The maximum atomic E-state index is 12.5. The van der Waals surface area contributed by atoms with Crippen molar-refractivity contribution in [1.82, 2.24) is 0 Å². The van der Waals surface area contributed by atoms with Crippen LogP contribution in [0.1, 0.15) is 49.1 Å². The lowest BCUT2D eigenvalue weighted by Crippen LogP contribution is -2.13. The monoisotopic (exact) mass is 345 g/mol. The Morgan fingerprint density at radius 1 is 1.00 bits per heavy atom. The molecule has 1 aliphatic carbocycles. The summed E-state index contributed by atoms with van der Waals surface area (Å²) < 4.78 is 27.5. The molecule has 3 rings (SSSR count). The summed E-state index contributed by atoms with van der Waals surface area (Å²) in [6, 6.07) is 11.9. The van der Waals surface area contributed by atoms with E-state index >= 15 is 0 Å². The summed E-state index contributed by atoms with van der Waals surface area (Å²) in [7, 11) is -3.65. The number of hydrogen-bond donors (Lipinski definition) is 2. The Morgan fingerprint density at radius 2 is 1.67 bits per heavy atom. The van der Waals surface area contributed by atoms with Gasteiger partial charge in [-0.05, 0) is 55.0 Å². The maximum Gasteiger partial charge on any atom is 0.261 e. The van der Waals surface area contributed by atoms with Crippen LogP contribution in [0.15, 0.2) is 47.4 Å². The summed E-state index contributed by atoms with van der Waals surface area (Å²) in [5.74, 6) is 0.625. The van der Waals surface area contributed by atoms with Crippen LogP contribution in [-0.2, 0) is 10.0 Å². The first kappa shape index (κ1) is 16.8. The van der Waals surface area contributed by atoms with E-state index in [0.29, 0.717) is 17.2 Å². The zero-order valence-electron chi connectivity index (χ0n) is 13.8. The average molecular weight is 345 g/mol. The van der Waals surface area contributed by atoms with Crippen molar-refractivity contribution in [3.8, 4) is 5.75 Å². The van der Waals surface area contributed by atoms with Crippen molar-refractivity contribution in [2.24, 2.45) is 0 Å². The summed E-state index contributed by atoms with van der Waals surface area (Å²) in [6.07, 6.45) is 6.18. The molecule has 0 amide bonds. The fourth-order valence-corrected chi connectivity index (χ4v) is 4.29. The van der Waals surface area contributed by atoms with Gasteiger partial charge in [0.2, 0.25) is 0 Å². The summed E-state index contributed by atoms with van der Waals surface area (Å²) in [4.78, 5) is 0.238. The van der Waals surface area contributed by atoms with Crippen molar-refractivity contribution in [2.45, 2.75) is 49.8 Å². The van der Waals surface area contributed by atoms with Gasteiger partial charge in [0.1, 0.15) is 5.75 Å². The van der Waals surface area contributed by atoms with Crippen LogP contribution in [0.25, 0.3) is 0 Å². The van der Waals surface area contributed by atoms with Crippen LogP contribution >= 0.6 is 0 Å². The van der Waals surface area contributed by atoms with Crippen LogP contribution in [0, 0.1) is 6.92 Å². The molecule has 24 heavy (non-hydrogen) atoms. The number of aryl methyl sites for hydroxylation is 1. The molecule has 4 nitrogen and oxygen atoms in total. The van der Waals surface area contributed by atoms with Crippen molar-refractivity contribution >= 4 is 15.7 Å². The van der Waals surface area contributed by atoms with E-state index in [0.717, 1.165) is 0 Å². The molecule has 1 aliphatic rings. The third kappa shape index (κ3) is 3.73. The van der Waals surface area contributed by atoms with E-state index in [2.05, 4.69) is 4.72 Å². The van der Waals surface area contributed by atoms with Crippen LogP contribution in [0.2, 0.25) is 0 Å². The minimum atomic E-state index is -3.65. The SMILES string of the molecule is Cc1ccc(NS(=O)(=O)c2ccc(C3CCCCC3)cc2)cc1O. The molecule has 1 fully saturated rings. The highest BCUT2D eigenvalue weighted by molar-refractivity contribution is 7.92. The van der Waals surface area contributed by atoms with Crippen molar-refractivity contribution in [2.75, 3.05) is 4.72 Å². The second-order valence-electron chi connectivity index (χ2n) is 6.51. The number of aromatic hydroxyl groups is 1. The molecule has 1 saturated carbocycles. The summed E-state index contributed by atoms with van der Waals surface area (Å²) in [6.45, 7) is 1.76. The molecular weight excluding hydrogens is 322 g/mol. The third-order valence-corrected chi connectivity index (χ3v) is 6.13. The van der Waals surface area contributed by atoms with Crippen LogP contribution in [0.3, 0.4) is 0 Å². The highest BCUT2D eigenvalue weighted by Crippen LogP contribution is 2.33. The highest BCUT2D eigenvalue weighted by atomic mass is 32.2. The van der Waals surface area contributed by atoms with Gasteiger partial charge in [0.05, 0.1) is 10.6 Å². The predicted molar refractivity (Wildman–Crippen MR) is 95.9 cm³/mol. The quantitative estimate of drug-likeness (QED) is 0.854. The smallest absolute Gasteiger partial charge is 0.261 e. The molecule has 0 radical (unpaired) electrons. The molecule has 2 aromatic carbocycles. The van der Waals surface area contributed by atoms with Crippen molar-refractivity contribution < 1.29 is 13.5 Å². The second-order valence-corrected chi connectivity index (χ2v) is 8.19. The first-order chi connectivity index (χ1) is 11.5. The van der Waals surface area contributed by atoms with Gasteiger partial charge in [-0.1, -0.05) is 37.5 Å². The Balaban J connectivity index is 1.77. The van der Waals surface area contributed by atoms with E-state index in [1.54, 1.807) is 31.2 Å². The molecule has 0 atom stereocenters. The first-order valence-electron chi connectivity index (χ1n) is 8.38. The third-order valence-electron chi connectivity index (χ3n) is 4.73. The van der Waals surface area contributed by atoms with E-state index < -0.39 is 10.0 Å². The Bertz CT molecular complexity index is 807. The molecule has 128 valence electrons. The minimum Gasteiger partial charge on any atom is -0.508 e. The zero-order valence-corrected chi connectivity index (χ0v) is 14.6. The lowest BCUT2D eigenvalue weighted by atomic mass is 9.84. The van der Waals surface area contributed by atoms with Gasteiger partial charge in [-0.15, -0.1) is 0 Å². The van der Waals surface area contributed by atoms with E-state index in [4.69, 9.17) is 0 Å². The molecule has 2 aromatic rings. The van der Waals surface area contributed by atoms with E-state index in [-0.39, 0.29) is 10.6 Å². The Morgan fingerprint density at radius 3 is 2.29 bits per heavy atom. The van der Waals surface area contributed by atoms with Gasteiger partial charge in [0, 0.05) is 6.07 Å². The largest absolute Gasteiger partial charge is 0.508 e. The summed E-state index contributed by atoms with van der Waals surface area (Å²) in [5.41, 5.74) is 2.28. The summed E-state index contributed by atoms with van der Waals surface area (Å²) >= 11 is 0. The minimum absolute atomic E-state index is 0.0721. The number of rotatable bonds is 4. The number of phenolic OH excluding ortho intramolecular Hbond substituents is 1. The number of anilines is 1. The van der Waals surface area contributed by atoms with Gasteiger partial charge >= 0.3 is 0 Å². The van der Waals surface area contributed by atoms with Gasteiger partial charge in [0.25, 0.3) is 10.0 Å². The molecule has 0 aromatic heterocycles. The molecule has 0 saturated heterocycles. The normalized spacial score (nSPS) is 16.0. The molecular formula is C19H23NO3S. The number of benzene rings is 2. The lowest BCUT2D eigenvalue weighted by molar-refractivity contribution is 0.443. The van der Waals surface area contributed by atoms with E-state index in [1.807, 2.05) is 12.1 Å². The lowest BCUT2D eigenvalue weighted by Gasteiger charge is -2.22. The van der Waals surface area contributed by atoms with Crippen LogP contribution in [-0.4, -0.2) is 13.5 Å². The molecule has 5 heteroatoms. The van der Waals surface area contributed by atoms with Gasteiger partial charge < -0.3 is 5.11 Å². The maximum absolute atomic E-state index is 12.5. The highest BCUT2D eigenvalue weighted by Gasteiger charge is 2.18. The second kappa shape index (κ2) is 6.85. The number of hydrogen-bond acceptors (Lipinski definition) is 3. The van der Waals surface area contributed by atoms with Crippen LogP contribution < -0.4 is 4.72 Å². The Hall–Kier alpha value is -2.01. The Kier molecular flexibility index (Phi) is 4.81. The average Bonchev–Trinajstić information content (AvgIpc) is 2.59. The molecule has 0 heterocycles. The summed E-state index contributed by atoms with van der Waals surface area (Å²) in [5, 5.41) is 9.71. The van der Waals surface area contributed by atoms with Gasteiger partial charge in [-0.2, -0.15) is 0 Å². The first-order valence-corrected chi connectivity index (χ1v) is 9.86. The van der Waals surface area contributed by atoms with E-state index in [1.165, 1.54) is 43.7 Å². The number of phenols is 1. The zero-order chi connectivity index (χ0) is 17.2. The van der Waals surface area contributed by atoms with Crippen molar-refractivity contribution in [1.29, 1.82) is 0 Å². The number of nitrogens with one attached hydrogen (secondary N) is 1. The van der Waals surface area contributed by atoms with Crippen LogP contribution in [0.4, 0.5) is 5.69 Å². The van der Waals surface area contributed by atoms with Gasteiger partial charge in [-0.25, -0.2) is 8.42 Å². The molecule has 0 spiro atoms. The fourth-order valence-electron chi connectivity index (χ4n) is 3.24. The number of sulfonamides is 1. The molecule has 0 aliphatic heterocycles. The van der Waals surface area contributed by atoms with Crippen molar-refractivity contribution in [3.63, 3.8) is 0 Å². The fraction of sp³-hybridized carbons (Fsp3) is 0.368. The topological polar surface area (TPSA) is 66.4 Å². The van der Waals surface area contributed by atoms with E-state index in [9.17, 15) is 13.5 Å². The standard InChI is InChI=1S/C19H23NO3S/c1-14-7-10-17(13-19(14)21)20-24(22,23)18-11-8-16(9-12-18)15-5-3-2-4-6-15/h7-13,15,20-21H,2-6H2,1H3. The predicted octanol–water partition coefficient (Wildman–Crippen LogP) is 4.55. The Labute approximate surface area is 143 Å². The molecule has 0 unspecified atom stereocenters. The molecule has 0 bridgehead atoms.